The summed E-state index contributed by atoms with van der Waals surface area (Å²) < 4.78 is 93.1. The van der Waals surface area contributed by atoms with Crippen LogP contribution in [0.4, 0.5) is 30.7 Å². The molecule has 0 aliphatic carbocycles. The van der Waals surface area contributed by atoms with Gasteiger partial charge in [-0.15, -0.1) is 11.3 Å². The molecule has 4 heterocycles. The summed E-state index contributed by atoms with van der Waals surface area (Å²) in [6.45, 7) is 0.0500. The van der Waals surface area contributed by atoms with Gasteiger partial charge in [-0.1, -0.05) is 23.4 Å². The van der Waals surface area contributed by atoms with Crippen molar-refractivity contribution in [1.82, 2.24) is 19.7 Å². The van der Waals surface area contributed by atoms with Gasteiger partial charge in [0.1, 0.15) is 23.6 Å². The summed E-state index contributed by atoms with van der Waals surface area (Å²) in [5, 5.41) is 9.99. The molecule has 5 rings (SSSR count). The van der Waals surface area contributed by atoms with Crippen LogP contribution in [0.2, 0.25) is 0 Å². The molecule has 0 N–H and O–H groups in total. The van der Waals surface area contributed by atoms with Crippen molar-refractivity contribution in [3.05, 3.63) is 68.9 Å². The highest BCUT2D eigenvalue weighted by Gasteiger charge is 2.38. The second-order valence-corrected chi connectivity index (χ2v) is 10.3. The van der Waals surface area contributed by atoms with Crippen molar-refractivity contribution in [2.45, 2.75) is 56.9 Å². The molecule has 0 spiro atoms. The lowest BCUT2D eigenvalue weighted by atomic mass is 9.97. The quantitative estimate of drug-likeness (QED) is 0.295. The van der Waals surface area contributed by atoms with Crippen molar-refractivity contribution < 1.29 is 40.4 Å². The first kappa shape index (κ1) is 28.1. The van der Waals surface area contributed by atoms with E-state index in [0.29, 0.717) is 48.1 Å². The summed E-state index contributed by atoms with van der Waals surface area (Å²) in [6.07, 6.45) is -10.3. The second-order valence-electron chi connectivity index (χ2n) is 9.40. The summed E-state index contributed by atoms with van der Waals surface area (Å²) in [6, 6.07) is 5.80. The number of rotatable bonds is 7. The van der Waals surface area contributed by atoms with Gasteiger partial charge in [0, 0.05) is 36.4 Å². The van der Waals surface area contributed by atoms with Crippen molar-refractivity contribution >= 4 is 23.0 Å². The van der Waals surface area contributed by atoms with E-state index >= 15 is 0 Å². The molecule has 1 aromatic carbocycles. The Labute approximate surface area is 227 Å². The average Bonchev–Trinajstić information content (AvgIpc) is 3.68. The molecule has 7 nitrogen and oxygen atoms in total. The maximum Gasteiger partial charge on any atom is 0.416 e. The van der Waals surface area contributed by atoms with E-state index in [2.05, 4.69) is 15.2 Å². The van der Waals surface area contributed by atoms with E-state index < -0.39 is 54.5 Å². The van der Waals surface area contributed by atoms with E-state index in [1.165, 1.54) is 34.4 Å². The van der Waals surface area contributed by atoms with Gasteiger partial charge < -0.3 is 9.74 Å². The number of nitrogens with zero attached hydrogens (tertiary/aromatic N) is 5. The molecule has 15 heteroatoms. The molecule has 1 saturated heterocycles. The fourth-order valence-electron chi connectivity index (χ4n) is 4.80. The molecule has 2 aliphatic heterocycles. The number of likely N-dealkylation sites (tertiary alicyclic amines) is 1. The first-order chi connectivity index (χ1) is 19.0. The van der Waals surface area contributed by atoms with Crippen LogP contribution in [0.5, 0.6) is 0 Å². The van der Waals surface area contributed by atoms with Gasteiger partial charge in [-0.25, -0.2) is 22.5 Å². The summed E-state index contributed by atoms with van der Waals surface area (Å²) in [4.78, 5) is 24.1. The number of benzene rings is 1. The van der Waals surface area contributed by atoms with E-state index in [9.17, 15) is 35.5 Å². The summed E-state index contributed by atoms with van der Waals surface area (Å²) >= 11 is 1.37. The third-order valence-electron chi connectivity index (χ3n) is 6.86. The van der Waals surface area contributed by atoms with Crippen LogP contribution in [0.15, 0.2) is 40.9 Å². The van der Waals surface area contributed by atoms with Crippen LogP contribution >= 0.6 is 11.3 Å². The number of hydrogen-bond donors (Lipinski definition) is 0. The van der Waals surface area contributed by atoms with E-state index in [4.69, 9.17) is 4.84 Å². The number of thiazole rings is 1. The molecular formula is C25H22F7N5O2S. The van der Waals surface area contributed by atoms with Crippen LogP contribution < -0.4 is 0 Å². The van der Waals surface area contributed by atoms with Crippen LogP contribution in [0.25, 0.3) is 0 Å². The number of piperidine rings is 1. The van der Waals surface area contributed by atoms with E-state index in [1.54, 1.807) is 5.38 Å². The largest absolute Gasteiger partial charge is 0.416 e. The van der Waals surface area contributed by atoms with Gasteiger partial charge in [0.05, 0.1) is 16.3 Å². The van der Waals surface area contributed by atoms with Crippen molar-refractivity contribution in [2.75, 3.05) is 13.1 Å². The first-order valence-corrected chi connectivity index (χ1v) is 13.2. The van der Waals surface area contributed by atoms with Crippen LogP contribution in [0.1, 0.15) is 77.4 Å². The molecular weight excluding hydrogens is 567 g/mol. The molecule has 0 saturated carbocycles. The minimum atomic E-state index is -4.52. The van der Waals surface area contributed by atoms with E-state index in [0.717, 1.165) is 11.1 Å². The zero-order valence-electron chi connectivity index (χ0n) is 20.6. The molecule has 1 amide bonds. The lowest BCUT2D eigenvalue weighted by Gasteiger charge is -2.31. The second kappa shape index (κ2) is 11.2. The van der Waals surface area contributed by atoms with Gasteiger partial charge in [-0.3, -0.25) is 9.48 Å². The van der Waals surface area contributed by atoms with Gasteiger partial charge in [0.15, 0.2) is 6.10 Å². The van der Waals surface area contributed by atoms with E-state index in [-0.39, 0.29) is 17.9 Å². The van der Waals surface area contributed by atoms with Gasteiger partial charge >= 0.3 is 6.18 Å². The van der Waals surface area contributed by atoms with Gasteiger partial charge in [0.25, 0.3) is 12.9 Å². The number of hydrogen-bond acceptors (Lipinski definition) is 6. The smallest absolute Gasteiger partial charge is 0.387 e. The van der Waals surface area contributed by atoms with Gasteiger partial charge in [0.2, 0.25) is 5.91 Å². The fourth-order valence-corrected chi connectivity index (χ4v) is 5.80. The number of oxime groups is 1. The molecule has 0 radical (unpaired) electrons. The van der Waals surface area contributed by atoms with E-state index in [1.807, 2.05) is 0 Å². The SMILES string of the molecule is O=C(Cn1nc(C(F)F)cc1C(F)F)N1CCC(c2nc(C3=NOC(c4ccccc4C(F)(F)F)C3)cs2)CC1. The zero-order valence-corrected chi connectivity index (χ0v) is 21.4. The zero-order chi connectivity index (χ0) is 28.6. The number of alkyl halides is 7. The number of amides is 1. The standard InChI is InChI=1S/C25H22F7N5O2S/c26-22(27)17-9-19(23(28)29)37(34-17)11-21(38)36-7-5-13(6-8-36)24-33-18(12-40-24)16-10-20(39-35-16)14-3-1-2-4-15(14)25(30,31)32/h1-4,9,12-13,20,22-23H,5-8,10-11H2. The number of halogens is 7. The molecule has 2 aromatic heterocycles. The Morgan fingerprint density at radius 1 is 1.10 bits per heavy atom. The van der Waals surface area contributed by atoms with Crippen molar-refractivity contribution in [2.24, 2.45) is 5.16 Å². The predicted molar refractivity (Wildman–Crippen MR) is 129 cm³/mol. The third-order valence-corrected chi connectivity index (χ3v) is 7.87. The Bertz CT molecular complexity index is 1400. The summed E-state index contributed by atoms with van der Waals surface area (Å²) in [5.74, 6) is -0.508. The number of carbonyl (C=O) groups is 1. The molecule has 2 aliphatic rings. The molecule has 214 valence electrons. The summed E-state index contributed by atoms with van der Waals surface area (Å²) in [5.41, 5.74) is -1.37. The maximum atomic E-state index is 13.4. The van der Waals surface area contributed by atoms with Crippen LogP contribution in [-0.2, 0) is 22.4 Å². The Morgan fingerprint density at radius 2 is 1.82 bits per heavy atom. The fraction of sp³-hybridized carbons (Fsp3) is 0.440. The van der Waals surface area contributed by atoms with Crippen molar-refractivity contribution in [1.29, 1.82) is 0 Å². The normalized spacial score (nSPS) is 18.5. The highest BCUT2D eigenvalue weighted by molar-refractivity contribution is 7.10. The molecule has 1 atom stereocenters. The Balaban J connectivity index is 1.18. The average molecular weight is 590 g/mol. The highest BCUT2D eigenvalue weighted by atomic mass is 32.1. The molecule has 3 aromatic rings. The monoisotopic (exact) mass is 589 g/mol. The van der Waals surface area contributed by atoms with Gasteiger partial charge in [-0.05, 0) is 25.0 Å². The maximum absolute atomic E-state index is 13.4. The molecule has 0 bridgehead atoms. The first-order valence-electron chi connectivity index (χ1n) is 12.3. The van der Waals surface area contributed by atoms with Crippen LogP contribution in [0.3, 0.4) is 0 Å². The molecule has 1 unspecified atom stereocenters. The van der Waals surface area contributed by atoms with Crippen LogP contribution in [-0.4, -0.2) is 44.4 Å². The van der Waals surface area contributed by atoms with Gasteiger partial charge in [-0.2, -0.15) is 18.3 Å². The predicted octanol–water partition coefficient (Wildman–Crippen LogP) is 6.51. The topological polar surface area (TPSA) is 72.6 Å². The molecule has 40 heavy (non-hydrogen) atoms. The number of carbonyl (C=O) groups excluding carboxylic acids is 1. The van der Waals surface area contributed by atoms with Crippen molar-refractivity contribution in [3.8, 4) is 0 Å². The summed E-state index contributed by atoms with van der Waals surface area (Å²) in [7, 11) is 0. The minimum Gasteiger partial charge on any atom is -0.387 e. The highest BCUT2D eigenvalue weighted by Crippen LogP contribution is 2.39. The third kappa shape index (κ3) is 5.83. The Kier molecular flexibility index (Phi) is 7.84. The van der Waals surface area contributed by atoms with Crippen LogP contribution in [0, 0.1) is 0 Å². The van der Waals surface area contributed by atoms with Crippen molar-refractivity contribution in [3.63, 3.8) is 0 Å². The Hall–Kier alpha value is -3.49. The minimum absolute atomic E-state index is 0.000705. The lowest BCUT2D eigenvalue weighted by molar-refractivity contribution is -0.139. The Morgan fingerprint density at radius 3 is 2.50 bits per heavy atom. The molecule has 1 fully saturated rings. The lowest BCUT2D eigenvalue weighted by Crippen LogP contribution is -2.40. The number of aromatic nitrogens is 3.